The van der Waals surface area contributed by atoms with Crippen LogP contribution in [0.15, 0.2) is 41.1 Å². The first-order valence-electron chi connectivity index (χ1n) is 7.34. The largest absolute Gasteiger partial charge is 0.452 e. The van der Waals surface area contributed by atoms with Crippen LogP contribution in [0.1, 0.15) is 24.2 Å². The highest BCUT2D eigenvalue weighted by molar-refractivity contribution is 7.08. The molecule has 0 fully saturated rings. The standard InChI is InChI=1S/C17H16N2O4S/c1-17(2)16(22)18-12-5-3-4-6-13(12)19(17)14(20)9-23-15(21)11-7-8-24-10-11/h3-8,10H,9H2,1-2H3,(H,18,22). The quantitative estimate of drug-likeness (QED) is 0.869. The predicted molar refractivity (Wildman–Crippen MR) is 91.2 cm³/mol. The van der Waals surface area contributed by atoms with Crippen molar-refractivity contribution in [3.8, 4) is 0 Å². The SMILES string of the molecule is CC1(C)C(=O)Nc2ccccc2N1C(=O)COC(=O)c1ccsc1. The Labute approximate surface area is 143 Å². The Kier molecular flexibility index (Phi) is 4.11. The fourth-order valence-electron chi connectivity index (χ4n) is 2.55. The Morgan fingerprint density at radius 3 is 2.71 bits per heavy atom. The highest BCUT2D eigenvalue weighted by Crippen LogP contribution is 2.36. The van der Waals surface area contributed by atoms with Crippen molar-refractivity contribution in [3.05, 3.63) is 46.7 Å². The molecule has 2 amide bonds. The molecule has 0 bridgehead atoms. The Balaban J connectivity index is 1.82. The Hall–Kier alpha value is -2.67. The highest BCUT2D eigenvalue weighted by Gasteiger charge is 2.43. The minimum atomic E-state index is -1.08. The minimum Gasteiger partial charge on any atom is -0.452 e. The van der Waals surface area contributed by atoms with E-state index >= 15 is 0 Å². The number of esters is 1. The van der Waals surface area contributed by atoms with Crippen molar-refractivity contribution in [1.29, 1.82) is 0 Å². The lowest BCUT2D eigenvalue weighted by atomic mass is 9.96. The van der Waals surface area contributed by atoms with Crippen molar-refractivity contribution >= 4 is 40.5 Å². The number of rotatable bonds is 3. The Morgan fingerprint density at radius 1 is 1.25 bits per heavy atom. The number of hydrogen-bond acceptors (Lipinski definition) is 5. The lowest BCUT2D eigenvalue weighted by molar-refractivity contribution is -0.128. The van der Waals surface area contributed by atoms with Crippen molar-refractivity contribution in [2.45, 2.75) is 19.4 Å². The zero-order valence-corrected chi connectivity index (χ0v) is 14.1. The molecule has 1 aliphatic heterocycles. The van der Waals surface area contributed by atoms with E-state index in [9.17, 15) is 14.4 Å². The van der Waals surface area contributed by atoms with Crippen LogP contribution < -0.4 is 10.2 Å². The topological polar surface area (TPSA) is 75.7 Å². The second-order valence-electron chi connectivity index (χ2n) is 5.85. The minimum absolute atomic E-state index is 0.293. The van der Waals surface area contributed by atoms with Gasteiger partial charge in [0.25, 0.3) is 5.91 Å². The number of hydrogen-bond donors (Lipinski definition) is 1. The second kappa shape index (κ2) is 6.09. The summed E-state index contributed by atoms with van der Waals surface area (Å²) in [6.07, 6.45) is 0. The fraction of sp³-hybridized carbons (Fsp3) is 0.235. The maximum atomic E-state index is 12.7. The van der Waals surface area contributed by atoms with E-state index in [0.717, 1.165) is 0 Å². The average Bonchev–Trinajstić information content (AvgIpc) is 3.08. The number of anilines is 2. The summed E-state index contributed by atoms with van der Waals surface area (Å²) in [7, 11) is 0. The predicted octanol–water partition coefficient (Wildman–Crippen LogP) is 2.67. The molecular formula is C17H16N2O4S. The van der Waals surface area contributed by atoms with E-state index in [2.05, 4.69) is 5.32 Å². The summed E-state index contributed by atoms with van der Waals surface area (Å²) in [4.78, 5) is 38.3. The maximum absolute atomic E-state index is 12.7. The highest BCUT2D eigenvalue weighted by atomic mass is 32.1. The Morgan fingerprint density at radius 2 is 2.00 bits per heavy atom. The van der Waals surface area contributed by atoms with Crippen molar-refractivity contribution in [3.63, 3.8) is 0 Å². The molecule has 1 aromatic heterocycles. The number of carbonyl (C=O) groups excluding carboxylic acids is 3. The molecule has 0 saturated heterocycles. The van der Waals surface area contributed by atoms with Crippen molar-refractivity contribution < 1.29 is 19.1 Å². The molecule has 2 aromatic rings. The molecule has 0 saturated carbocycles. The lowest BCUT2D eigenvalue weighted by Crippen LogP contribution is -2.59. The Bertz CT molecular complexity index is 799. The van der Waals surface area contributed by atoms with Gasteiger partial charge in [-0.3, -0.25) is 14.5 Å². The van der Waals surface area contributed by atoms with Crippen LogP contribution in [0.4, 0.5) is 11.4 Å². The molecule has 0 unspecified atom stereocenters. The average molecular weight is 344 g/mol. The zero-order chi connectivity index (χ0) is 17.3. The van der Waals surface area contributed by atoms with Gasteiger partial charge < -0.3 is 10.1 Å². The van der Waals surface area contributed by atoms with E-state index in [-0.39, 0.29) is 5.91 Å². The van der Waals surface area contributed by atoms with Gasteiger partial charge in [0.2, 0.25) is 5.91 Å². The number of amides is 2. The number of fused-ring (bicyclic) bond motifs is 1. The number of nitrogens with zero attached hydrogens (tertiary/aromatic N) is 1. The zero-order valence-electron chi connectivity index (χ0n) is 13.2. The number of nitrogens with one attached hydrogen (secondary N) is 1. The van der Waals surface area contributed by atoms with Crippen LogP contribution in [0, 0.1) is 0 Å². The molecule has 0 radical (unpaired) electrons. The molecule has 0 aliphatic carbocycles. The number of ether oxygens (including phenoxy) is 1. The lowest BCUT2D eigenvalue weighted by Gasteiger charge is -2.41. The third-order valence-corrected chi connectivity index (χ3v) is 4.52. The molecule has 1 N–H and O–H groups in total. The summed E-state index contributed by atoms with van der Waals surface area (Å²) < 4.78 is 5.09. The smallest absolute Gasteiger partial charge is 0.339 e. The van der Waals surface area contributed by atoms with Gasteiger partial charge in [-0.2, -0.15) is 11.3 Å². The van der Waals surface area contributed by atoms with Gasteiger partial charge in [-0.15, -0.1) is 0 Å². The third-order valence-electron chi connectivity index (χ3n) is 3.84. The van der Waals surface area contributed by atoms with E-state index in [1.165, 1.54) is 16.2 Å². The van der Waals surface area contributed by atoms with Gasteiger partial charge in [-0.05, 0) is 37.4 Å². The van der Waals surface area contributed by atoms with Gasteiger partial charge in [-0.25, -0.2) is 4.79 Å². The number of para-hydroxylation sites is 2. The molecule has 0 spiro atoms. The summed E-state index contributed by atoms with van der Waals surface area (Å²) >= 11 is 1.37. The van der Waals surface area contributed by atoms with E-state index in [1.807, 2.05) is 0 Å². The number of carbonyl (C=O) groups is 3. The molecular weight excluding hydrogens is 328 g/mol. The van der Waals surface area contributed by atoms with Gasteiger partial charge in [-0.1, -0.05) is 12.1 Å². The summed E-state index contributed by atoms with van der Waals surface area (Å²) in [5, 5.41) is 6.19. The van der Waals surface area contributed by atoms with Gasteiger partial charge in [0.15, 0.2) is 6.61 Å². The van der Waals surface area contributed by atoms with Crippen molar-refractivity contribution in [1.82, 2.24) is 0 Å². The second-order valence-corrected chi connectivity index (χ2v) is 6.63. The van der Waals surface area contributed by atoms with Crippen LogP contribution in [0.5, 0.6) is 0 Å². The fourth-order valence-corrected chi connectivity index (χ4v) is 3.18. The summed E-state index contributed by atoms with van der Waals surface area (Å²) in [6, 6.07) is 8.65. The van der Waals surface area contributed by atoms with Crippen LogP contribution in [0.25, 0.3) is 0 Å². The first-order valence-corrected chi connectivity index (χ1v) is 8.28. The molecule has 3 rings (SSSR count). The molecule has 6 nitrogen and oxygen atoms in total. The molecule has 124 valence electrons. The monoisotopic (exact) mass is 344 g/mol. The van der Waals surface area contributed by atoms with Gasteiger partial charge in [0.05, 0.1) is 16.9 Å². The van der Waals surface area contributed by atoms with Crippen LogP contribution in [-0.2, 0) is 14.3 Å². The first-order chi connectivity index (χ1) is 11.4. The molecule has 0 atom stereocenters. The molecule has 1 aromatic carbocycles. The molecule has 7 heteroatoms. The summed E-state index contributed by atoms with van der Waals surface area (Å²) in [6.45, 7) is 2.87. The number of thiophene rings is 1. The van der Waals surface area contributed by atoms with Crippen LogP contribution >= 0.6 is 11.3 Å². The summed E-state index contributed by atoms with van der Waals surface area (Å²) in [5.41, 5.74) is 0.460. The van der Waals surface area contributed by atoms with Crippen molar-refractivity contribution in [2.75, 3.05) is 16.8 Å². The summed E-state index contributed by atoms with van der Waals surface area (Å²) in [5.74, 6) is -1.30. The number of benzene rings is 1. The van der Waals surface area contributed by atoms with Crippen molar-refractivity contribution in [2.24, 2.45) is 0 Å². The van der Waals surface area contributed by atoms with Gasteiger partial charge in [0, 0.05) is 5.38 Å². The molecule has 2 heterocycles. The van der Waals surface area contributed by atoms with Gasteiger partial charge >= 0.3 is 5.97 Å². The maximum Gasteiger partial charge on any atom is 0.339 e. The van der Waals surface area contributed by atoms with Gasteiger partial charge in [0.1, 0.15) is 5.54 Å². The van der Waals surface area contributed by atoms with E-state index in [1.54, 1.807) is 54.9 Å². The molecule has 1 aliphatic rings. The van der Waals surface area contributed by atoms with Crippen LogP contribution in [0.2, 0.25) is 0 Å². The van der Waals surface area contributed by atoms with E-state index < -0.39 is 24.0 Å². The third kappa shape index (κ3) is 2.78. The van der Waals surface area contributed by atoms with E-state index in [4.69, 9.17) is 4.74 Å². The normalized spacial score (nSPS) is 15.4. The van der Waals surface area contributed by atoms with Crippen LogP contribution in [0.3, 0.4) is 0 Å². The molecule has 24 heavy (non-hydrogen) atoms. The van der Waals surface area contributed by atoms with E-state index in [0.29, 0.717) is 16.9 Å². The van der Waals surface area contributed by atoms with Crippen LogP contribution in [-0.4, -0.2) is 29.9 Å². The first kappa shape index (κ1) is 16.2.